The van der Waals surface area contributed by atoms with Crippen LogP contribution in [-0.4, -0.2) is 9.60 Å². The van der Waals surface area contributed by atoms with E-state index in [1.807, 2.05) is 0 Å². The van der Waals surface area contributed by atoms with Crippen molar-refractivity contribution < 1.29 is 18.0 Å². The Labute approximate surface area is 132 Å². The molecule has 0 amide bonds. The third-order valence-electron chi connectivity index (χ3n) is 3.42. The summed E-state index contributed by atoms with van der Waals surface area (Å²) in [5.74, 6) is -2.28. The van der Waals surface area contributed by atoms with Gasteiger partial charge in [-0.05, 0) is 41.1 Å². The van der Waals surface area contributed by atoms with Gasteiger partial charge in [0.2, 0.25) is 0 Å². The quantitative estimate of drug-likeness (QED) is 0.779. The second-order valence-corrected chi connectivity index (χ2v) is 6.03. The van der Waals surface area contributed by atoms with Gasteiger partial charge in [-0.25, -0.2) is 13.2 Å². The number of benzene rings is 1. The zero-order chi connectivity index (χ0) is 15.9. The van der Waals surface area contributed by atoms with Crippen molar-refractivity contribution in [2.75, 3.05) is 0 Å². The van der Waals surface area contributed by atoms with Crippen LogP contribution < -0.4 is 0 Å². The lowest BCUT2D eigenvalue weighted by atomic mass is 9.90. The predicted molar refractivity (Wildman–Crippen MR) is 79.0 cm³/mol. The summed E-state index contributed by atoms with van der Waals surface area (Å²) in [7, 11) is 0. The van der Waals surface area contributed by atoms with Crippen LogP contribution >= 0.6 is 15.9 Å². The maximum atomic E-state index is 14.1. The van der Waals surface area contributed by atoms with Crippen molar-refractivity contribution in [2.45, 2.75) is 18.9 Å². The highest BCUT2D eigenvalue weighted by atomic mass is 79.9. The van der Waals surface area contributed by atoms with Crippen LogP contribution in [0, 0.1) is 17.5 Å². The molecule has 0 aliphatic carbocycles. The molecular weight excluding hydrogens is 361 g/mol. The first-order valence-corrected chi connectivity index (χ1v) is 7.21. The van der Waals surface area contributed by atoms with Crippen LogP contribution in [0.1, 0.15) is 19.0 Å². The van der Waals surface area contributed by atoms with Gasteiger partial charge in [0.15, 0.2) is 5.60 Å². The van der Waals surface area contributed by atoms with Crippen molar-refractivity contribution in [3.8, 4) is 11.1 Å². The van der Waals surface area contributed by atoms with E-state index in [9.17, 15) is 13.2 Å². The Morgan fingerprint density at radius 2 is 1.91 bits per heavy atom. The average molecular weight is 371 g/mol. The molecule has 0 spiro atoms. The molecule has 7 heteroatoms. The van der Waals surface area contributed by atoms with E-state index in [1.165, 1.54) is 6.07 Å². The Kier molecular flexibility index (Phi) is 3.68. The molecule has 0 saturated carbocycles. The third kappa shape index (κ3) is 2.49. The van der Waals surface area contributed by atoms with E-state index in [-0.39, 0.29) is 16.8 Å². The van der Waals surface area contributed by atoms with Crippen molar-refractivity contribution >= 4 is 20.6 Å². The van der Waals surface area contributed by atoms with Crippen LogP contribution in [0.25, 0.3) is 11.1 Å². The van der Waals surface area contributed by atoms with Crippen LogP contribution in [-0.2, 0) is 10.4 Å². The van der Waals surface area contributed by atoms with Crippen LogP contribution in [0.3, 0.4) is 0 Å². The minimum absolute atomic E-state index is 0.00972. The van der Waals surface area contributed by atoms with E-state index in [0.717, 1.165) is 24.4 Å². The molecule has 0 saturated heterocycles. The summed E-state index contributed by atoms with van der Waals surface area (Å²) < 4.78 is 42.3. The topological polar surface area (TPSA) is 34.5 Å². The van der Waals surface area contributed by atoms with E-state index >= 15 is 0 Å². The number of aromatic nitrogens is 1. The average Bonchev–Trinajstić information content (AvgIpc) is 2.79. The zero-order valence-electron chi connectivity index (χ0n) is 11.4. The van der Waals surface area contributed by atoms with E-state index in [2.05, 4.69) is 26.1 Å². The van der Waals surface area contributed by atoms with Gasteiger partial charge in [-0.3, -0.25) is 4.98 Å². The monoisotopic (exact) mass is 370 g/mol. The Morgan fingerprint density at radius 3 is 2.50 bits per heavy atom. The number of hydrogen-bond acceptors (Lipinski definition) is 3. The molecule has 0 bridgehead atoms. The van der Waals surface area contributed by atoms with Crippen molar-refractivity contribution in [1.29, 1.82) is 0 Å². The molecule has 1 aromatic carbocycles. The lowest BCUT2D eigenvalue weighted by Gasteiger charge is -2.23. The molecule has 1 unspecified atom stereocenters. The highest BCUT2D eigenvalue weighted by molar-refractivity contribution is 9.18. The van der Waals surface area contributed by atoms with Crippen LogP contribution in [0.5, 0.6) is 0 Å². The third-order valence-corrected chi connectivity index (χ3v) is 3.84. The first-order valence-electron chi connectivity index (χ1n) is 6.42. The number of hydrogen-bond donors (Lipinski definition) is 0. The molecule has 114 valence electrons. The molecule has 1 aliphatic heterocycles. The molecular formula is C15H10BrF3N2O. The van der Waals surface area contributed by atoms with Gasteiger partial charge in [0, 0.05) is 12.0 Å². The van der Waals surface area contributed by atoms with Gasteiger partial charge < -0.3 is 4.84 Å². The van der Waals surface area contributed by atoms with Crippen molar-refractivity contribution in [1.82, 2.24) is 4.98 Å². The first kappa shape index (κ1) is 15.0. The summed E-state index contributed by atoms with van der Waals surface area (Å²) in [5.41, 5.74) is -1.14. The van der Waals surface area contributed by atoms with E-state index in [0.29, 0.717) is 11.0 Å². The Morgan fingerprint density at radius 1 is 1.23 bits per heavy atom. The van der Waals surface area contributed by atoms with Crippen molar-refractivity contribution in [3.05, 3.63) is 53.6 Å². The van der Waals surface area contributed by atoms with Crippen molar-refractivity contribution in [3.63, 3.8) is 0 Å². The molecule has 3 nitrogen and oxygen atoms in total. The van der Waals surface area contributed by atoms with Gasteiger partial charge in [0.1, 0.15) is 22.1 Å². The first-order chi connectivity index (χ1) is 10.4. The fourth-order valence-corrected chi connectivity index (χ4v) is 3.03. The summed E-state index contributed by atoms with van der Waals surface area (Å²) in [5, 5.41) is 3.78. The Bertz CT molecular complexity index is 761. The number of halogens is 4. The summed E-state index contributed by atoms with van der Waals surface area (Å²) in [4.78, 5) is 9.33. The van der Waals surface area contributed by atoms with Gasteiger partial charge in [0.05, 0.1) is 17.5 Å². The molecule has 0 radical (unpaired) electrons. The molecule has 1 aromatic heterocycles. The van der Waals surface area contributed by atoms with E-state index in [4.69, 9.17) is 4.84 Å². The largest absolute Gasteiger partial charge is 0.382 e. The normalized spacial score (nSPS) is 20.7. The second-order valence-electron chi connectivity index (χ2n) is 5.11. The Balaban J connectivity index is 2.22. The maximum Gasteiger partial charge on any atom is 0.183 e. The zero-order valence-corrected chi connectivity index (χ0v) is 13.0. The summed E-state index contributed by atoms with van der Waals surface area (Å²) in [6, 6.07) is 4.51. The van der Waals surface area contributed by atoms with E-state index < -0.39 is 23.1 Å². The fraction of sp³-hybridized carbons (Fsp3) is 0.200. The standard InChI is InChI=1S/C15H10BrF3N2O/c1-15(6-12(16)21-22-15)14-9(5-8(17)7-20-14)13-10(18)3-2-4-11(13)19/h2-5,7H,6H2,1H3. The summed E-state index contributed by atoms with van der Waals surface area (Å²) >= 11 is 3.21. The van der Waals surface area contributed by atoms with Gasteiger partial charge in [-0.2, -0.15) is 0 Å². The van der Waals surface area contributed by atoms with Gasteiger partial charge in [0.25, 0.3) is 0 Å². The highest BCUT2D eigenvalue weighted by Gasteiger charge is 2.39. The van der Waals surface area contributed by atoms with Crippen molar-refractivity contribution in [2.24, 2.45) is 5.16 Å². The predicted octanol–water partition coefficient (Wildman–Crippen LogP) is 4.51. The van der Waals surface area contributed by atoms with Gasteiger partial charge in [-0.15, -0.1) is 0 Å². The van der Waals surface area contributed by atoms with Crippen LogP contribution in [0.15, 0.2) is 35.6 Å². The SMILES string of the molecule is CC1(c2ncc(F)cc2-c2c(F)cccc2F)CC(Br)=NO1. The molecule has 3 rings (SSSR count). The Hall–Kier alpha value is -1.89. The minimum Gasteiger partial charge on any atom is -0.382 e. The fourth-order valence-electron chi connectivity index (χ4n) is 2.43. The summed E-state index contributed by atoms with van der Waals surface area (Å²) in [6.07, 6.45) is 1.31. The van der Waals surface area contributed by atoms with Crippen LogP contribution in [0.4, 0.5) is 13.2 Å². The van der Waals surface area contributed by atoms with E-state index in [1.54, 1.807) is 6.92 Å². The smallest absolute Gasteiger partial charge is 0.183 e. The van der Waals surface area contributed by atoms with Crippen LogP contribution in [0.2, 0.25) is 0 Å². The molecule has 22 heavy (non-hydrogen) atoms. The lowest BCUT2D eigenvalue weighted by Crippen LogP contribution is -2.24. The molecule has 1 atom stereocenters. The number of nitrogens with zero attached hydrogens (tertiary/aromatic N) is 2. The molecule has 1 aliphatic rings. The highest BCUT2D eigenvalue weighted by Crippen LogP contribution is 2.41. The minimum atomic E-state index is -1.03. The number of rotatable bonds is 2. The number of pyridine rings is 1. The second kappa shape index (κ2) is 5.39. The molecule has 2 aromatic rings. The van der Waals surface area contributed by atoms with Gasteiger partial charge >= 0.3 is 0 Å². The molecule has 2 heterocycles. The number of oxime groups is 1. The lowest BCUT2D eigenvalue weighted by molar-refractivity contribution is -0.0104. The molecule has 0 N–H and O–H groups in total. The van der Waals surface area contributed by atoms with Gasteiger partial charge in [-0.1, -0.05) is 11.2 Å². The molecule has 0 fully saturated rings. The summed E-state index contributed by atoms with van der Waals surface area (Å²) in [6.45, 7) is 1.67. The maximum absolute atomic E-state index is 14.1.